The van der Waals surface area contributed by atoms with Gasteiger partial charge < -0.3 is 0 Å². The van der Waals surface area contributed by atoms with Crippen LogP contribution in [0.4, 0.5) is 0 Å². The van der Waals surface area contributed by atoms with Crippen molar-refractivity contribution in [2.75, 3.05) is 0 Å². The van der Waals surface area contributed by atoms with Gasteiger partial charge in [-0.05, 0) is 11.1 Å². The first-order chi connectivity index (χ1) is 8.86. The molecule has 0 aliphatic carbocycles. The summed E-state index contributed by atoms with van der Waals surface area (Å²) in [6.45, 7) is 7.30. The van der Waals surface area contributed by atoms with Crippen molar-refractivity contribution in [3.63, 3.8) is 0 Å². The summed E-state index contributed by atoms with van der Waals surface area (Å²) in [6, 6.07) is 20.7. The van der Waals surface area contributed by atoms with E-state index in [1.165, 1.54) is 0 Å². The lowest BCUT2D eigenvalue weighted by Crippen LogP contribution is -1.87. The molecule has 0 N–H and O–H groups in total. The molecular weight excluding hydrogens is 220 g/mol. The van der Waals surface area contributed by atoms with E-state index in [9.17, 15) is 5.26 Å². The average Bonchev–Trinajstić information content (AvgIpc) is 2.46. The van der Waals surface area contributed by atoms with E-state index in [1.54, 1.807) is 0 Å². The van der Waals surface area contributed by atoms with Crippen LogP contribution in [0.1, 0.15) is 11.1 Å². The van der Waals surface area contributed by atoms with Gasteiger partial charge in [-0.25, -0.2) is 4.85 Å². The average molecular weight is 230 g/mol. The Balaban J connectivity index is 2.63. The van der Waals surface area contributed by atoms with Gasteiger partial charge in [-0.15, -0.1) is 0 Å². The molecule has 0 bridgehead atoms. The van der Waals surface area contributed by atoms with Crippen molar-refractivity contribution in [2.24, 2.45) is 0 Å². The molecule has 2 aromatic carbocycles. The largest absolute Gasteiger partial charge is 0.236 e. The third-order valence-corrected chi connectivity index (χ3v) is 2.57. The van der Waals surface area contributed by atoms with Crippen molar-refractivity contribution in [1.29, 1.82) is 5.26 Å². The number of hydrogen-bond acceptors (Lipinski definition) is 1. The third-order valence-electron chi connectivity index (χ3n) is 2.57. The Kier molecular flexibility index (Phi) is 3.54. The predicted octanol–water partition coefficient (Wildman–Crippen LogP) is 4.00. The highest BCUT2D eigenvalue weighted by Gasteiger charge is 2.10. The number of rotatable bonds is 2. The first kappa shape index (κ1) is 11.6. The van der Waals surface area contributed by atoms with Crippen LogP contribution in [-0.4, -0.2) is 0 Å². The smallest absolute Gasteiger partial charge is 0.212 e. The van der Waals surface area contributed by atoms with Crippen LogP contribution in [0, 0.1) is 17.9 Å². The zero-order valence-electron chi connectivity index (χ0n) is 9.67. The van der Waals surface area contributed by atoms with Gasteiger partial charge in [0.2, 0.25) is 5.70 Å². The van der Waals surface area contributed by atoms with Gasteiger partial charge in [0.1, 0.15) is 0 Å². The number of benzene rings is 2. The van der Waals surface area contributed by atoms with Crippen LogP contribution in [0.15, 0.2) is 60.7 Å². The maximum absolute atomic E-state index is 9.29. The second-order valence-corrected chi connectivity index (χ2v) is 3.68. The highest BCUT2D eigenvalue weighted by atomic mass is 14.7. The van der Waals surface area contributed by atoms with E-state index in [0.29, 0.717) is 11.3 Å². The van der Waals surface area contributed by atoms with Crippen molar-refractivity contribution >= 4 is 11.3 Å². The molecule has 0 heterocycles. The highest BCUT2D eigenvalue weighted by molar-refractivity contribution is 5.99. The van der Waals surface area contributed by atoms with Crippen LogP contribution < -0.4 is 0 Å². The Bertz CT molecular complexity index is 581. The summed E-state index contributed by atoms with van der Waals surface area (Å²) < 4.78 is 0. The lowest BCUT2D eigenvalue weighted by Gasteiger charge is -2.03. The molecule has 2 aromatic rings. The van der Waals surface area contributed by atoms with Crippen LogP contribution in [0.2, 0.25) is 0 Å². The molecule has 2 rings (SSSR count). The Morgan fingerprint density at radius 2 is 1.39 bits per heavy atom. The molecule has 0 radical (unpaired) electrons. The fourth-order valence-corrected chi connectivity index (χ4v) is 1.72. The Labute approximate surface area is 106 Å². The topological polar surface area (TPSA) is 28.1 Å². The summed E-state index contributed by atoms with van der Waals surface area (Å²) in [6.07, 6.45) is 0. The van der Waals surface area contributed by atoms with Gasteiger partial charge in [0.05, 0.1) is 18.2 Å². The van der Waals surface area contributed by atoms with Crippen molar-refractivity contribution in [3.05, 3.63) is 83.2 Å². The molecular formula is C16H10N2. The predicted molar refractivity (Wildman–Crippen MR) is 71.9 cm³/mol. The molecule has 0 aliphatic heterocycles. The van der Waals surface area contributed by atoms with Crippen LogP contribution in [0.5, 0.6) is 0 Å². The highest BCUT2D eigenvalue weighted by Crippen LogP contribution is 2.26. The SMILES string of the molecule is [C-]#[N+]C(=C(C#N)c1ccccc1)c1ccccc1. The summed E-state index contributed by atoms with van der Waals surface area (Å²) in [5.41, 5.74) is 2.35. The first-order valence-electron chi connectivity index (χ1n) is 5.49. The Hall–Kier alpha value is -2.84. The zero-order chi connectivity index (χ0) is 12.8. The molecule has 84 valence electrons. The van der Waals surface area contributed by atoms with Gasteiger partial charge in [0, 0.05) is 0 Å². The van der Waals surface area contributed by atoms with Gasteiger partial charge in [-0.3, -0.25) is 0 Å². The second kappa shape index (κ2) is 5.48. The normalized spacial score (nSPS) is 11.0. The zero-order valence-corrected chi connectivity index (χ0v) is 9.67. The molecule has 18 heavy (non-hydrogen) atoms. The number of hydrogen-bond donors (Lipinski definition) is 0. The minimum atomic E-state index is 0.393. The summed E-state index contributed by atoms with van der Waals surface area (Å²) >= 11 is 0. The van der Waals surface area contributed by atoms with Crippen LogP contribution in [0.25, 0.3) is 16.1 Å². The number of allylic oxidation sites excluding steroid dienone is 1. The van der Waals surface area contributed by atoms with Gasteiger partial charge in [-0.1, -0.05) is 60.7 Å². The van der Waals surface area contributed by atoms with E-state index in [2.05, 4.69) is 10.9 Å². The van der Waals surface area contributed by atoms with Crippen molar-refractivity contribution in [1.82, 2.24) is 0 Å². The third kappa shape index (κ3) is 2.29. The molecule has 0 atom stereocenters. The Morgan fingerprint density at radius 3 is 1.83 bits per heavy atom. The lowest BCUT2D eigenvalue weighted by molar-refractivity contribution is 1.51. The summed E-state index contributed by atoms with van der Waals surface area (Å²) in [4.78, 5) is 3.51. The molecule has 0 aliphatic rings. The van der Waals surface area contributed by atoms with E-state index >= 15 is 0 Å². The minimum Gasteiger partial charge on any atom is -0.236 e. The summed E-state index contributed by atoms with van der Waals surface area (Å²) in [5, 5.41) is 9.29. The molecule has 0 amide bonds. The maximum atomic E-state index is 9.29. The fourth-order valence-electron chi connectivity index (χ4n) is 1.72. The molecule has 0 saturated carbocycles. The maximum Gasteiger partial charge on any atom is 0.212 e. The molecule has 2 heteroatoms. The van der Waals surface area contributed by atoms with Crippen molar-refractivity contribution in [3.8, 4) is 6.07 Å². The molecule has 0 unspecified atom stereocenters. The summed E-state index contributed by atoms with van der Waals surface area (Å²) in [5.74, 6) is 0. The Morgan fingerprint density at radius 1 is 0.889 bits per heavy atom. The van der Waals surface area contributed by atoms with Gasteiger partial charge in [-0.2, -0.15) is 5.26 Å². The van der Waals surface area contributed by atoms with Gasteiger partial charge >= 0.3 is 0 Å². The molecule has 2 nitrogen and oxygen atoms in total. The molecule has 0 fully saturated rings. The minimum absolute atomic E-state index is 0.393. The quantitative estimate of drug-likeness (QED) is 0.435. The number of nitrogens with zero attached hydrogens (tertiary/aromatic N) is 2. The lowest BCUT2D eigenvalue weighted by atomic mass is 10.0. The standard InChI is InChI=1S/C16H10N2/c1-18-16(14-10-6-3-7-11-14)15(12-17)13-8-4-2-5-9-13/h2-11H. The van der Waals surface area contributed by atoms with Crippen LogP contribution in [-0.2, 0) is 0 Å². The van der Waals surface area contributed by atoms with Crippen LogP contribution >= 0.6 is 0 Å². The van der Waals surface area contributed by atoms with E-state index in [0.717, 1.165) is 11.1 Å². The number of nitriles is 1. The van der Waals surface area contributed by atoms with E-state index in [1.807, 2.05) is 60.7 Å². The summed E-state index contributed by atoms with van der Waals surface area (Å²) in [7, 11) is 0. The van der Waals surface area contributed by atoms with Crippen molar-refractivity contribution < 1.29 is 0 Å². The second-order valence-electron chi connectivity index (χ2n) is 3.68. The van der Waals surface area contributed by atoms with E-state index in [4.69, 9.17) is 6.57 Å². The van der Waals surface area contributed by atoms with Gasteiger partial charge in [0.25, 0.3) is 0 Å². The van der Waals surface area contributed by atoms with E-state index < -0.39 is 0 Å². The van der Waals surface area contributed by atoms with Crippen molar-refractivity contribution in [2.45, 2.75) is 0 Å². The van der Waals surface area contributed by atoms with Crippen LogP contribution in [0.3, 0.4) is 0 Å². The molecule has 0 saturated heterocycles. The first-order valence-corrected chi connectivity index (χ1v) is 5.49. The molecule has 0 spiro atoms. The molecule has 0 aromatic heterocycles. The van der Waals surface area contributed by atoms with Gasteiger partial charge in [0.15, 0.2) is 0 Å². The van der Waals surface area contributed by atoms with E-state index in [-0.39, 0.29) is 0 Å². The monoisotopic (exact) mass is 230 g/mol. The fraction of sp³-hybridized carbons (Fsp3) is 0.